The van der Waals surface area contributed by atoms with E-state index >= 15 is 0 Å². The Morgan fingerprint density at radius 2 is 1.94 bits per heavy atom. The van der Waals surface area contributed by atoms with Crippen LogP contribution < -0.4 is 5.73 Å². The van der Waals surface area contributed by atoms with E-state index in [2.05, 4.69) is 42.3 Å². The summed E-state index contributed by atoms with van der Waals surface area (Å²) in [6.45, 7) is 2.44. The van der Waals surface area contributed by atoms with E-state index in [0.717, 1.165) is 17.4 Å². The van der Waals surface area contributed by atoms with Crippen molar-refractivity contribution in [2.45, 2.75) is 19.6 Å². The van der Waals surface area contributed by atoms with Crippen molar-refractivity contribution >= 4 is 22.9 Å². The average Bonchev–Trinajstić information content (AvgIpc) is 2.74. The van der Waals surface area contributed by atoms with Gasteiger partial charge in [0.25, 0.3) is 0 Å². The molecule has 1 aromatic heterocycles. The second-order valence-electron chi connectivity index (χ2n) is 4.40. The predicted molar refractivity (Wildman–Crippen MR) is 78.8 cm³/mol. The van der Waals surface area contributed by atoms with Crippen molar-refractivity contribution in [3.63, 3.8) is 0 Å². The first-order valence-corrected chi connectivity index (χ1v) is 7.07. The van der Waals surface area contributed by atoms with E-state index in [1.165, 1.54) is 16.0 Å². The molecule has 1 heterocycles. The zero-order valence-electron chi connectivity index (χ0n) is 10.4. The van der Waals surface area contributed by atoms with Crippen LogP contribution in [-0.2, 0) is 19.6 Å². The summed E-state index contributed by atoms with van der Waals surface area (Å²) < 4.78 is 0.850. The summed E-state index contributed by atoms with van der Waals surface area (Å²) in [4.78, 5) is 3.56. The maximum Gasteiger partial charge on any atom is 0.0931 e. The first-order chi connectivity index (χ1) is 8.67. The maximum atomic E-state index is 5.93. The Morgan fingerprint density at radius 1 is 1.17 bits per heavy atom. The lowest BCUT2D eigenvalue weighted by molar-refractivity contribution is 0.322. The van der Waals surface area contributed by atoms with Crippen molar-refractivity contribution in [1.29, 1.82) is 0 Å². The minimum absolute atomic E-state index is 0.595. The Labute approximate surface area is 117 Å². The average molecular weight is 281 g/mol. The van der Waals surface area contributed by atoms with E-state index in [1.807, 2.05) is 6.07 Å². The monoisotopic (exact) mass is 280 g/mol. The third kappa shape index (κ3) is 3.82. The van der Waals surface area contributed by atoms with E-state index in [-0.39, 0.29) is 0 Å². The van der Waals surface area contributed by atoms with Gasteiger partial charge in [0.05, 0.1) is 4.34 Å². The standard InChI is InChI=1S/C14H17ClN2S/c1-17(10-13-5-6-14(15)18-13)9-12-4-2-3-11(7-12)8-16/h2-7H,8-10,16H2,1H3. The highest BCUT2D eigenvalue weighted by Gasteiger charge is 2.04. The fourth-order valence-electron chi connectivity index (χ4n) is 1.93. The smallest absolute Gasteiger partial charge is 0.0931 e. The molecule has 0 atom stereocenters. The topological polar surface area (TPSA) is 29.3 Å². The lowest BCUT2D eigenvalue weighted by Crippen LogP contribution is -2.16. The van der Waals surface area contributed by atoms with Gasteiger partial charge in [0.15, 0.2) is 0 Å². The summed E-state index contributed by atoms with van der Waals surface area (Å²) in [6.07, 6.45) is 0. The molecule has 0 saturated carbocycles. The van der Waals surface area contributed by atoms with Crippen LogP contribution in [0, 0.1) is 0 Å². The Hall–Kier alpha value is -0.870. The van der Waals surface area contributed by atoms with Gasteiger partial charge in [-0.25, -0.2) is 0 Å². The summed E-state index contributed by atoms with van der Waals surface area (Å²) in [5.41, 5.74) is 8.12. The molecule has 2 aromatic rings. The number of thiophene rings is 1. The zero-order valence-corrected chi connectivity index (χ0v) is 12.0. The van der Waals surface area contributed by atoms with E-state index < -0.39 is 0 Å². The Bertz CT molecular complexity index is 510. The van der Waals surface area contributed by atoms with Gasteiger partial charge in [0.2, 0.25) is 0 Å². The molecule has 2 nitrogen and oxygen atoms in total. The normalized spacial score (nSPS) is 11.1. The molecule has 0 bridgehead atoms. The van der Waals surface area contributed by atoms with Crippen LogP contribution in [0.5, 0.6) is 0 Å². The molecular formula is C14H17ClN2S. The van der Waals surface area contributed by atoms with E-state index in [0.29, 0.717) is 6.54 Å². The zero-order chi connectivity index (χ0) is 13.0. The molecule has 18 heavy (non-hydrogen) atoms. The highest BCUT2D eigenvalue weighted by atomic mass is 35.5. The summed E-state index contributed by atoms with van der Waals surface area (Å²) in [5, 5.41) is 0. The minimum atomic E-state index is 0.595. The molecule has 2 N–H and O–H groups in total. The molecule has 0 aliphatic carbocycles. The van der Waals surface area contributed by atoms with Crippen molar-refractivity contribution < 1.29 is 0 Å². The largest absolute Gasteiger partial charge is 0.326 e. The third-order valence-corrected chi connectivity index (χ3v) is 3.95. The number of hydrogen-bond donors (Lipinski definition) is 1. The van der Waals surface area contributed by atoms with Gasteiger partial charge in [-0.2, -0.15) is 0 Å². The summed E-state index contributed by atoms with van der Waals surface area (Å²) in [5.74, 6) is 0. The molecule has 0 radical (unpaired) electrons. The number of rotatable bonds is 5. The van der Waals surface area contributed by atoms with Crippen molar-refractivity contribution in [3.8, 4) is 0 Å². The van der Waals surface area contributed by atoms with E-state index in [9.17, 15) is 0 Å². The predicted octanol–water partition coefficient (Wildman–Crippen LogP) is 3.49. The molecule has 4 heteroatoms. The SMILES string of the molecule is CN(Cc1cccc(CN)c1)Cc1ccc(Cl)s1. The second-order valence-corrected chi connectivity index (χ2v) is 6.20. The quantitative estimate of drug-likeness (QED) is 0.908. The molecule has 0 unspecified atom stereocenters. The van der Waals surface area contributed by atoms with Crippen LogP contribution in [0.3, 0.4) is 0 Å². The lowest BCUT2D eigenvalue weighted by Gasteiger charge is -2.16. The number of benzene rings is 1. The molecular weight excluding hydrogens is 264 g/mol. The van der Waals surface area contributed by atoms with Gasteiger partial charge in [0, 0.05) is 24.5 Å². The molecule has 0 aliphatic rings. The highest BCUT2D eigenvalue weighted by molar-refractivity contribution is 7.16. The van der Waals surface area contributed by atoms with Crippen LogP contribution in [0.25, 0.3) is 0 Å². The summed E-state index contributed by atoms with van der Waals surface area (Å²) in [6, 6.07) is 12.5. The molecule has 0 saturated heterocycles. The molecule has 0 aliphatic heterocycles. The van der Waals surface area contributed by atoms with Crippen molar-refractivity contribution in [2.24, 2.45) is 5.73 Å². The fraction of sp³-hybridized carbons (Fsp3) is 0.286. The molecule has 1 aromatic carbocycles. The van der Waals surface area contributed by atoms with Crippen LogP contribution in [-0.4, -0.2) is 11.9 Å². The van der Waals surface area contributed by atoms with E-state index in [1.54, 1.807) is 11.3 Å². The van der Waals surface area contributed by atoms with Crippen molar-refractivity contribution in [3.05, 3.63) is 56.7 Å². The first-order valence-electron chi connectivity index (χ1n) is 5.88. The minimum Gasteiger partial charge on any atom is -0.326 e. The van der Waals surface area contributed by atoms with E-state index in [4.69, 9.17) is 17.3 Å². The van der Waals surface area contributed by atoms with Crippen LogP contribution in [0.15, 0.2) is 36.4 Å². The Kier molecular flexibility index (Phi) is 4.78. The van der Waals surface area contributed by atoms with Crippen LogP contribution in [0.1, 0.15) is 16.0 Å². The fourth-order valence-corrected chi connectivity index (χ4v) is 3.09. The van der Waals surface area contributed by atoms with Crippen molar-refractivity contribution in [1.82, 2.24) is 4.90 Å². The van der Waals surface area contributed by atoms with Gasteiger partial charge in [0.1, 0.15) is 0 Å². The first kappa shape index (κ1) is 13.6. The summed E-state index contributed by atoms with van der Waals surface area (Å²) in [7, 11) is 2.11. The lowest BCUT2D eigenvalue weighted by atomic mass is 10.1. The van der Waals surface area contributed by atoms with Crippen LogP contribution >= 0.6 is 22.9 Å². The van der Waals surface area contributed by atoms with Crippen LogP contribution in [0.4, 0.5) is 0 Å². The summed E-state index contributed by atoms with van der Waals surface area (Å²) >= 11 is 7.57. The third-order valence-electron chi connectivity index (χ3n) is 2.73. The van der Waals surface area contributed by atoms with Gasteiger partial charge in [-0.3, -0.25) is 4.90 Å². The van der Waals surface area contributed by atoms with Gasteiger partial charge >= 0.3 is 0 Å². The van der Waals surface area contributed by atoms with Gasteiger partial charge in [-0.1, -0.05) is 35.9 Å². The highest BCUT2D eigenvalue weighted by Crippen LogP contribution is 2.22. The number of halogens is 1. The van der Waals surface area contributed by atoms with Crippen LogP contribution in [0.2, 0.25) is 4.34 Å². The molecule has 0 fully saturated rings. The molecule has 0 spiro atoms. The molecule has 2 rings (SSSR count). The number of nitrogens with two attached hydrogens (primary N) is 1. The number of nitrogens with zero attached hydrogens (tertiary/aromatic N) is 1. The second kappa shape index (κ2) is 6.34. The van der Waals surface area contributed by atoms with Gasteiger partial charge in [-0.05, 0) is 30.3 Å². The number of hydrogen-bond acceptors (Lipinski definition) is 3. The Morgan fingerprint density at radius 3 is 2.61 bits per heavy atom. The molecule has 0 amide bonds. The van der Waals surface area contributed by atoms with Crippen molar-refractivity contribution in [2.75, 3.05) is 7.05 Å². The maximum absolute atomic E-state index is 5.93. The molecule has 96 valence electrons. The van der Waals surface area contributed by atoms with Gasteiger partial charge in [-0.15, -0.1) is 11.3 Å². The Balaban J connectivity index is 1.96. The van der Waals surface area contributed by atoms with Gasteiger partial charge < -0.3 is 5.73 Å².